The van der Waals surface area contributed by atoms with E-state index in [0.29, 0.717) is 11.8 Å². The van der Waals surface area contributed by atoms with Crippen molar-refractivity contribution in [2.45, 2.75) is 85.3 Å². The molecule has 1 unspecified atom stereocenters. The normalized spacial score (nSPS) is 16.0. The molecule has 0 bridgehead atoms. The topological polar surface area (TPSA) is 59.9 Å². The van der Waals surface area contributed by atoms with Crippen molar-refractivity contribution >= 4 is 20.6 Å². The molecule has 0 radical (unpaired) electrons. The van der Waals surface area contributed by atoms with E-state index in [1.807, 2.05) is 13.8 Å². The van der Waals surface area contributed by atoms with E-state index in [2.05, 4.69) is 37.9 Å². The van der Waals surface area contributed by atoms with Gasteiger partial charge < -0.3 is 9.36 Å². The summed E-state index contributed by atoms with van der Waals surface area (Å²) in [6.07, 6.45) is 5.11. The van der Waals surface area contributed by atoms with Crippen molar-refractivity contribution in [2.75, 3.05) is 0 Å². The first-order valence-corrected chi connectivity index (χ1v) is 9.56. The third-order valence-electron chi connectivity index (χ3n) is 3.71. The van der Waals surface area contributed by atoms with Gasteiger partial charge in [-0.1, -0.05) is 32.9 Å². The SMILES string of the molecule is CC(C)CC(CC(C)C)=NOPNC(C)(C)C(=O)OC1CCC1. The van der Waals surface area contributed by atoms with Gasteiger partial charge in [0.1, 0.15) is 11.6 Å². The minimum absolute atomic E-state index is 0.0607. The molecule has 1 aliphatic carbocycles. The zero-order valence-corrected chi connectivity index (χ0v) is 16.4. The number of esters is 1. The van der Waals surface area contributed by atoms with E-state index in [4.69, 9.17) is 9.36 Å². The molecular weight excluding hydrogens is 311 g/mol. The Balaban J connectivity index is 2.39. The maximum atomic E-state index is 12.1. The highest BCUT2D eigenvalue weighted by molar-refractivity contribution is 7.29. The van der Waals surface area contributed by atoms with Crippen LogP contribution in [0.3, 0.4) is 0 Å². The Morgan fingerprint density at radius 1 is 1.22 bits per heavy atom. The zero-order chi connectivity index (χ0) is 17.5. The van der Waals surface area contributed by atoms with E-state index < -0.39 is 5.54 Å². The fourth-order valence-electron chi connectivity index (χ4n) is 2.18. The number of hydrogen-bond acceptors (Lipinski definition) is 5. The molecule has 0 aromatic carbocycles. The Morgan fingerprint density at radius 2 is 1.78 bits per heavy atom. The third kappa shape index (κ3) is 8.12. The lowest BCUT2D eigenvalue weighted by Gasteiger charge is -2.30. The van der Waals surface area contributed by atoms with Gasteiger partial charge in [-0.25, -0.2) is 5.09 Å². The average molecular weight is 344 g/mol. The maximum Gasteiger partial charge on any atom is 0.326 e. The van der Waals surface area contributed by atoms with Crippen molar-refractivity contribution in [3.05, 3.63) is 0 Å². The molecule has 1 atom stereocenters. The number of rotatable bonds is 10. The van der Waals surface area contributed by atoms with Crippen molar-refractivity contribution in [2.24, 2.45) is 17.0 Å². The summed E-state index contributed by atoms with van der Waals surface area (Å²) < 4.78 is 10.9. The fraction of sp³-hybridized carbons (Fsp3) is 0.882. The molecule has 0 aromatic rings. The second kappa shape index (κ2) is 9.58. The van der Waals surface area contributed by atoms with Crippen LogP contribution in [0.4, 0.5) is 0 Å². The summed E-state index contributed by atoms with van der Waals surface area (Å²) in [5.41, 5.74) is 0.332. The van der Waals surface area contributed by atoms with Crippen LogP contribution in [0.25, 0.3) is 0 Å². The van der Waals surface area contributed by atoms with Crippen LogP contribution in [0.2, 0.25) is 0 Å². The lowest BCUT2D eigenvalue weighted by Crippen LogP contribution is -2.46. The number of ether oxygens (including phenoxy) is 1. The first kappa shape index (κ1) is 20.4. The summed E-state index contributed by atoms with van der Waals surface area (Å²) in [6.45, 7) is 12.3. The van der Waals surface area contributed by atoms with Crippen LogP contribution in [-0.4, -0.2) is 23.3 Å². The monoisotopic (exact) mass is 344 g/mol. The number of carbonyl (C=O) groups is 1. The van der Waals surface area contributed by atoms with E-state index in [1.165, 1.54) is 0 Å². The van der Waals surface area contributed by atoms with Crippen molar-refractivity contribution in [1.29, 1.82) is 0 Å². The summed E-state index contributed by atoms with van der Waals surface area (Å²) in [7, 11) is -0.0607. The Hall–Kier alpha value is -0.670. The van der Waals surface area contributed by atoms with Crippen LogP contribution in [0.15, 0.2) is 5.16 Å². The van der Waals surface area contributed by atoms with Crippen LogP contribution in [0.5, 0.6) is 0 Å². The van der Waals surface area contributed by atoms with Gasteiger partial charge in [0.25, 0.3) is 0 Å². The first-order chi connectivity index (χ1) is 10.7. The van der Waals surface area contributed by atoms with Crippen molar-refractivity contribution in [3.63, 3.8) is 0 Å². The van der Waals surface area contributed by atoms with Crippen molar-refractivity contribution < 1.29 is 14.2 Å². The van der Waals surface area contributed by atoms with Gasteiger partial charge in [-0.2, -0.15) is 0 Å². The van der Waals surface area contributed by atoms with Crippen molar-refractivity contribution in [3.8, 4) is 0 Å². The maximum absolute atomic E-state index is 12.1. The highest BCUT2D eigenvalue weighted by Crippen LogP contribution is 2.25. The largest absolute Gasteiger partial charge is 0.461 e. The number of oxime groups is 1. The molecule has 0 aliphatic heterocycles. The summed E-state index contributed by atoms with van der Waals surface area (Å²) in [6, 6.07) is 0. The molecule has 23 heavy (non-hydrogen) atoms. The summed E-state index contributed by atoms with van der Waals surface area (Å²) in [5, 5.41) is 7.37. The van der Waals surface area contributed by atoms with Gasteiger partial charge in [0.05, 0.1) is 5.71 Å². The number of nitrogens with zero attached hydrogens (tertiary/aromatic N) is 1. The minimum atomic E-state index is -0.750. The Labute approximate surface area is 142 Å². The van der Waals surface area contributed by atoms with Gasteiger partial charge >= 0.3 is 5.97 Å². The first-order valence-electron chi connectivity index (χ1n) is 8.65. The van der Waals surface area contributed by atoms with Crippen LogP contribution in [-0.2, 0) is 14.2 Å². The number of nitrogens with one attached hydrogen (secondary N) is 1. The zero-order valence-electron chi connectivity index (χ0n) is 15.4. The lowest BCUT2D eigenvalue weighted by molar-refractivity contribution is -0.158. The third-order valence-corrected chi connectivity index (χ3v) is 4.62. The summed E-state index contributed by atoms with van der Waals surface area (Å²) >= 11 is 0. The molecule has 1 rings (SSSR count). The second-order valence-electron chi connectivity index (χ2n) is 7.76. The minimum Gasteiger partial charge on any atom is -0.461 e. The molecule has 1 saturated carbocycles. The molecule has 6 heteroatoms. The van der Waals surface area contributed by atoms with Gasteiger partial charge in [-0.05, 0) is 57.8 Å². The van der Waals surface area contributed by atoms with Crippen LogP contribution in [0, 0.1) is 11.8 Å². The van der Waals surface area contributed by atoms with E-state index in [9.17, 15) is 4.79 Å². The predicted octanol–water partition coefficient (Wildman–Crippen LogP) is 4.42. The molecule has 1 fully saturated rings. The Morgan fingerprint density at radius 3 is 2.22 bits per heavy atom. The lowest BCUT2D eigenvalue weighted by atomic mass is 9.96. The highest BCUT2D eigenvalue weighted by atomic mass is 31.1. The second-order valence-corrected chi connectivity index (χ2v) is 8.39. The quantitative estimate of drug-likeness (QED) is 0.209. The highest BCUT2D eigenvalue weighted by Gasteiger charge is 2.33. The van der Waals surface area contributed by atoms with E-state index in [-0.39, 0.29) is 21.0 Å². The van der Waals surface area contributed by atoms with Gasteiger partial charge in [-0.3, -0.25) is 4.79 Å². The standard InChI is InChI=1S/C17H33N2O3P/c1-12(2)10-14(11-13(3)4)18-22-23-19-17(5,6)16(20)21-15-8-7-9-15/h12-13,15,19,23H,7-11H2,1-6H3. The van der Waals surface area contributed by atoms with Crippen molar-refractivity contribution in [1.82, 2.24) is 5.09 Å². The van der Waals surface area contributed by atoms with E-state index in [0.717, 1.165) is 37.8 Å². The molecule has 0 spiro atoms. The van der Waals surface area contributed by atoms with Crippen LogP contribution < -0.4 is 5.09 Å². The summed E-state index contributed by atoms with van der Waals surface area (Å²) in [5.74, 6) is 0.898. The molecule has 1 N–H and O–H groups in total. The molecule has 1 aliphatic rings. The average Bonchev–Trinajstić information content (AvgIpc) is 2.37. The molecule has 0 saturated heterocycles. The van der Waals surface area contributed by atoms with E-state index in [1.54, 1.807) is 0 Å². The molecule has 0 aromatic heterocycles. The summed E-state index contributed by atoms with van der Waals surface area (Å²) in [4.78, 5) is 12.1. The van der Waals surface area contributed by atoms with Crippen LogP contribution >= 0.6 is 8.96 Å². The van der Waals surface area contributed by atoms with Gasteiger partial charge in [0.15, 0.2) is 8.96 Å². The van der Waals surface area contributed by atoms with Gasteiger partial charge in [-0.15, -0.1) is 0 Å². The number of carbonyl (C=O) groups excluding carboxylic acids is 1. The molecule has 134 valence electrons. The van der Waals surface area contributed by atoms with E-state index >= 15 is 0 Å². The molecule has 5 nitrogen and oxygen atoms in total. The van der Waals surface area contributed by atoms with Gasteiger partial charge in [0.2, 0.25) is 0 Å². The predicted molar refractivity (Wildman–Crippen MR) is 96.7 cm³/mol. The smallest absolute Gasteiger partial charge is 0.326 e. The van der Waals surface area contributed by atoms with Gasteiger partial charge in [0, 0.05) is 0 Å². The number of hydrogen-bond donors (Lipinski definition) is 1. The molecular formula is C17H33N2O3P. The Bertz CT molecular complexity index is 393. The molecule has 0 heterocycles. The Kier molecular flexibility index (Phi) is 8.49. The molecule has 0 amide bonds. The van der Waals surface area contributed by atoms with Crippen LogP contribution in [0.1, 0.15) is 73.6 Å². The fourth-order valence-corrected chi connectivity index (χ4v) is 2.75.